The third-order valence-electron chi connectivity index (χ3n) is 4.01. The highest BCUT2D eigenvalue weighted by Gasteiger charge is 2.16. The van der Waals surface area contributed by atoms with Crippen molar-refractivity contribution in [1.29, 1.82) is 0 Å². The third kappa shape index (κ3) is 4.05. The summed E-state index contributed by atoms with van der Waals surface area (Å²) in [5.41, 5.74) is 2.35. The molecule has 0 saturated heterocycles. The van der Waals surface area contributed by atoms with Crippen LogP contribution in [-0.4, -0.2) is 32.3 Å². The molecule has 0 aliphatic carbocycles. The summed E-state index contributed by atoms with van der Waals surface area (Å²) in [7, 11) is 1.61. The zero-order valence-corrected chi connectivity index (χ0v) is 14.6. The number of aryl methyl sites for hydroxylation is 1. The van der Waals surface area contributed by atoms with E-state index < -0.39 is 0 Å². The molecule has 0 aromatic heterocycles. The predicted octanol–water partition coefficient (Wildman–Crippen LogP) is 1.78. The van der Waals surface area contributed by atoms with Crippen molar-refractivity contribution in [1.82, 2.24) is 10.6 Å². The minimum Gasteiger partial charge on any atom is -0.496 e. The summed E-state index contributed by atoms with van der Waals surface area (Å²) in [6, 6.07) is 10.6. The molecule has 0 atom stereocenters. The van der Waals surface area contributed by atoms with Gasteiger partial charge in [0.05, 0.1) is 13.7 Å². The van der Waals surface area contributed by atoms with Gasteiger partial charge in [0.1, 0.15) is 5.75 Å². The molecule has 2 aromatic rings. The molecule has 0 fully saturated rings. The number of hydrogen-bond acceptors (Lipinski definition) is 5. The number of ether oxygens (including phenoxy) is 3. The van der Waals surface area contributed by atoms with Crippen molar-refractivity contribution in [2.24, 2.45) is 0 Å². The van der Waals surface area contributed by atoms with Crippen LogP contribution in [0.4, 0.5) is 0 Å². The van der Waals surface area contributed by atoms with Crippen molar-refractivity contribution in [2.75, 3.05) is 20.4 Å². The van der Waals surface area contributed by atoms with Gasteiger partial charge >= 0.3 is 0 Å². The maximum Gasteiger partial charge on any atom is 0.251 e. The molecule has 136 valence electrons. The van der Waals surface area contributed by atoms with Gasteiger partial charge in [-0.2, -0.15) is 0 Å². The number of nitrogens with one attached hydrogen (secondary N) is 2. The first kappa shape index (κ1) is 17.6. The normalized spacial score (nSPS) is 11.8. The van der Waals surface area contributed by atoms with E-state index in [1.165, 1.54) is 0 Å². The third-order valence-corrected chi connectivity index (χ3v) is 4.01. The molecule has 1 heterocycles. The molecule has 0 spiro atoms. The summed E-state index contributed by atoms with van der Waals surface area (Å²) in [6.07, 6.45) is 0. The quantitative estimate of drug-likeness (QED) is 0.824. The number of carbonyl (C=O) groups is 2. The fourth-order valence-corrected chi connectivity index (χ4v) is 2.54. The highest BCUT2D eigenvalue weighted by Crippen LogP contribution is 2.32. The molecular weight excluding hydrogens is 336 g/mol. The van der Waals surface area contributed by atoms with Gasteiger partial charge in [0.25, 0.3) is 5.91 Å². The number of amides is 2. The Kier molecular flexibility index (Phi) is 5.26. The van der Waals surface area contributed by atoms with Crippen LogP contribution in [-0.2, 0) is 11.3 Å². The largest absolute Gasteiger partial charge is 0.496 e. The SMILES string of the molecule is COc1cc(CNC(=O)CNC(=O)c2ccc3c(c2)OCO3)ccc1C. The van der Waals surface area contributed by atoms with E-state index in [9.17, 15) is 9.59 Å². The Labute approximate surface area is 151 Å². The number of carbonyl (C=O) groups excluding carboxylic acids is 2. The van der Waals surface area contributed by atoms with E-state index >= 15 is 0 Å². The van der Waals surface area contributed by atoms with Crippen LogP contribution < -0.4 is 24.8 Å². The molecule has 0 saturated carbocycles. The Bertz CT molecular complexity index is 835. The van der Waals surface area contributed by atoms with Gasteiger partial charge in [-0.25, -0.2) is 0 Å². The lowest BCUT2D eigenvalue weighted by atomic mass is 10.1. The fraction of sp³-hybridized carbons (Fsp3) is 0.263. The Balaban J connectivity index is 1.48. The van der Waals surface area contributed by atoms with Gasteiger partial charge in [-0.05, 0) is 42.3 Å². The van der Waals surface area contributed by atoms with Crippen LogP contribution in [0.3, 0.4) is 0 Å². The first-order chi connectivity index (χ1) is 12.6. The van der Waals surface area contributed by atoms with Gasteiger partial charge in [0, 0.05) is 12.1 Å². The lowest BCUT2D eigenvalue weighted by molar-refractivity contribution is -0.120. The van der Waals surface area contributed by atoms with E-state index in [2.05, 4.69) is 10.6 Å². The van der Waals surface area contributed by atoms with Gasteiger partial charge in [-0.1, -0.05) is 12.1 Å². The van der Waals surface area contributed by atoms with Crippen LogP contribution in [0.5, 0.6) is 17.2 Å². The van der Waals surface area contributed by atoms with Crippen molar-refractivity contribution >= 4 is 11.8 Å². The van der Waals surface area contributed by atoms with E-state index in [0.717, 1.165) is 16.9 Å². The summed E-state index contributed by atoms with van der Waals surface area (Å²) in [4.78, 5) is 24.1. The van der Waals surface area contributed by atoms with Gasteiger partial charge in [-0.3, -0.25) is 9.59 Å². The number of methoxy groups -OCH3 is 1. The average molecular weight is 356 g/mol. The van der Waals surface area contributed by atoms with Crippen LogP contribution in [0.15, 0.2) is 36.4 Å². The Hall–Kier alpha value is -3.22. The average Bonchev–Trinajstić information content (AvgIpc) is 3.13. The molecule has 2 amide bonds. The summed E-state index contributed by atoms with van der Waals surface area (Å²) in [6.45, 7) is 2.34. The standard InChI is InChI=1S/C19H20N2O5/c1-12-3-4-13(7-16(12)24-2)9-20-18(22)10-21-19(23)14-5-6-15-17(8-14)26-11-25-15/h3-8H,9-11H2,1-2H3,(H,20,22)(H,21,23). The van der Waals surface area contributed by atoms with E-state index in [4.69, 9.17) is 14.2 Å². The topological polar surface area (TPSA) is 85.9 Å². The summed E-state index contributed by atoms with van der Waals surface area (Å²) in [5.74, 6) is 1.27. The zero-order valence-electron chi connectivity index (χ0n) is 14.6. The molecule has 1 aliphatic rings. The molecule has 0 bridgehead atoms. The van der Waals surface area contributed by atoms with Crippen LogP contribution >= 0.6 is 0 Å². The van der Waals surface area contributed by atoms with Crippen LogP contribution in [0.2, 0.25) is 0 Å². The van der Waals surface area contributed by atoms with Crippen LogP contribution in [0.1, 0.15) is 21.5 Å². The highest BCUT2D eigenvalue weighted by molar-refractivity contribution is 5.97. The van der Waals surface area contributed by atoms with E-state index in [0.29, 0.717) is 23.6 Å². The molecule has 2 aromatic carbocycles. The van der Waals surface area contributed by atoms with Crippen molar-refractivity contribution < 1.29 is 23.8 Å². The van der Waals surface area contributed by atoms with Gasteiger partial charge in [-0.15, -0.1) is 0 Å². The van der Waals surface area contributed by atoms with Gasteiger partial charge < -0.3 is 24.8 Å². The second kappa shape index (κ2) is 7.77. The first-order valence-electron chi connectivity index (χ1n) is 8.15. The molecule has 7 nitrogen and oxygen atoms in total. The Morgan fingerprint density at radius 2 is 1.88 bits per heavy atom. The number of fused-ring (bicyclic) bond motifs is 1. The maximum atomic E-state index is 12.1. The van der Waals surface area contributed by atoms with E-state index in [1.807, 2.05) is 25.1 Å². The van der Waals surface area contributed by atoms with Crippen molar-refractivity contribution in [3.63, 3.8) is 0 Å². The molecule has 3 rings (SSSR count). The molecule has 1 aliphatic heterocycles. The van der Waals surface area contributed by atoms with Gasteiger partial charge in [0.2, 0.25) is 12.7 Å². The second-order valence-electron chi connectivity index (χ2n) is 5.83. The summed E-state index contributed by atoms with van der Waals surface area (Å²) >= 11 is 0. The molecule has 0 unspecified atom stereocenters. The minimum atomic E-state index is -0.351. The fourth-order valence-electron chi connectivity index (χ4n) is 2.54. The van der Waals surface area contributed by atoms with E-state index in [-0.39, 0.29) is 25.2 Å². The van der Waals surface area contributed by atoms with Crippen LogP contribution in [0.25, 0.3) is 0 Å². The van der Waals surface area contributed by atoms with Crippen molar-refractivity contribution in [3.8, 4) is 17.2 Å². The maximum absolute atomic E-state index is 12.1. The number of hydrogen-bond donors (Lipinski definition) is 2. The lowest BCUT2D eigenvalue weighted by Crippen LogP contribution is -2.36. The number of benzene rings is 2. The Morgan fingerprint density at radius 3 is 2.69 bits per heavy atom. The van der Waals surface area contributed by atoms with Crippen molar-refractivity contribution in [2.45, 2.75) is 13.5 Å². The second-order valence-corrected chi connectivity index (χ2v) is 5.83. The molecular formula is C19H20N2O5. The monoisotopic (exact) mass is 356 g/mol. The van der Waals surface area contributed by atoms with Crippen LogP contribution in [0, 0.1) is 6.92 Å². The summed E-state index contributed by atoms with van der Waals surface area (Å²) < 4.78 is 15.7. The minimum absolute atomic E-state index is 0.115. The van der Waals surface area contributed by atoms with Gasteiger partial charge in [0.15, 0.2) is 11.5 Å². The molecule has 2 N–H and O–H groups in total. The molecule has 0 radical (unpaired) electrons. The first-order valence-corrected chi connectivity index (χ1v) is 8.15. The van der Waals surface area contributed by atoms with Crippen molar-refractivity contribution in [3.05, 3.63) is 53.1 Å². The molecule has 7 heteroatoms. The number of rotatable bonds is 6. The predicted molar refractivity (Wildman–Crippen MR) is 94.5 cm³/mol. The zero-order chi connectivity index (χ0) is 18.5. The highest BCUT2D eigenvalue weighted by atomic mass is 16.7. The van der Waals surface area contributed by atoms with E-state index in [1.54, 1.807) is 25.3 Å². The molecule has 26 heavy (non-hydrogen) atoms. The lowest BCUT2D eigenvalue weighted by Gasteiger charge is -2.10. The smallest absolute Gasteiger partial charge is 0.251 e. The summed E-state index contributed by atoms with van der Waals surface area (Å²) in [5, 5.41) is 5.35. The Morgan fingerprint density at radius 1 is 1.08 bits per heavy atom.